The largest absolute Gasteiger partial charge is 0.289 e. The lowest BCUT2D eigenvalue weighted by atomic mass is 10.1. The van der Waals surface area contributed by atoms with Crippen molar-refractivity contribution in [2.24, 2.45) is 65.1 Å². The Morgan fingerprint density at radius 3 is 1.15 bits per heavy atom. The minimum absolute atomic E-state index is 0. The van der Waals surface area contributed by atoms with Gasteiger partial charge in [-0.15, -0.1) is 11.8 Å². The highest BCUT2D eigenvalue weighted by atomic mass is 32.2. The molecule has 7 aromatic rings. The molecule has 0 saturated carbocycles. The highest BCUT2D eigenvalue weighted by Crippen LogP contribution is 2.25. The Kier molecular flexibility index (Phi) is 67.7. The predicted molar refractivity (Wildman–Crippen MR) is 540 cm³/mol. The van der Waals surface area contributed by atoms with E-state index in [2.05, 4.69) is 243 Å². The van der Waals surface area contributed by atoms with Crippen molar-refractivity contribution in [1.82, 2.24) is 15.0 Å². The summed E-state index contributed by atoms with van der Waals surface area (Å²) in [4.78, 5) is 55.1. The molecular formula is C103H136N16S. The number of benzene rings is 4. The molecule has 0 unspecified atom stereocenters. The molecule has 23 rings (SSSR count). The van der Waals surface area contributed by atoms with E-state index in [1.807, 2.05) is 146 Å². The van der Waals surface area contributed by atoms with E-state index in [9.17, 15) is 0 Å². The van der Waals surface area contributed by atoms with Crippen LogP contribution >= 0.6 is 11.8 Å². The number of azo groups is 1. The van der Waals surface area contributed by atoms with E-state index in [-0.39, 0.29) is 66.8 Å². The van der Waals surface area contributed by atoms with E-state index in [1.54, 1.807) is 68.5 Å². The van der Waals surface area contributed by atoms with Gasteiger partial charge in [-0.25, -0.2) is 9.98 Å². The van der Waals surface area contributed by atoms with Crippen LogP contribution in [0.25, 0.3) is 18.2 Å². The minimum Gasteiger partial charge on any atom is -0.289 e. The van der Waals surface area contributed by atoms with Crippen LogP contribution in [0.4, 0.5) is 22.7 Å². The molecule has 120 heavy (non-hydrogen) atoms. The SMILES string of the molecule is C.C.C.C.C.C.C.C.C.C1=CCC=CC1.C1=CCCC=C1.C1=CCN=C1.C1=CCN=C1.C1=CN=CC1.C1=CN=NCC1.C1=CSCC1.C1=Cc2ccccc2C1.C1=Cc2ccccc2C1.C1=Cc2cccnc2C1.C1=NC=NC1.C1=NC=NC1.C1=Nc2ccccc2C1.C1=Nc2ccccc2C1.C1=Nc2cccnc2C1.C1=Nc2cnccc2C1. The number of hydrogen-bond acceptors (Lipinski definition) is 17. The quantitative estimate of drug-likeness (QED) is 0.136. The first-order valence-corrected chi connectivity index (χ1v) is 38.9. The van der Waals surface area contributed by atoms with Crippen molar-refractivity contribution in [2.75, 3.05) is 38.5 Å². The summed E-state index contributed by atoms with van der Waals surface area (Å²) in [5.41, 5.74) is 17.6. The van der Waals surface area contributed by atoms with E-state index in [4.69, 9.17) is 0 Å². The van der Waals surface area contributed by atoms with Crippen LogP contribution in [-0.2, 0) is 44.9 Å². The van der Waals surface area contributed by atoms with Gasteiger partial charge in [0.25, 0.3) is 0 Å². The number of pyridine rings is 3. The monoisotopic (exact) mass is 1630 g/mol. The predicted octanol–water partition coefficient (Wildman–Crippen LogP) is 27.7. The van der Waals surface area contributed by atoms with E-state index < -0.39 is 0 Å². The Morgan fingerprint density at radius 1 is 0.300 bits per heavy atom. The maximum absolute atomic E-state index is 4.20. The lowest BCUT2D eigenvalue weighted by molar-refractivity contribution is 0.890. The van der Waals surface area contributed by atoms with Crippen molar-refractivity contribution in [3.05, 3.63) is 335 Å². The van der Waals surface area contributed by atoms with Crippen molar-refractivity contribution in [3.8, 4) is 0 Å². The fourth-order valence-electron chi connectivity index (χ4n) is 10.6. The van der Waals surface area contributed by atoms with Crippen molar-refractivity contribution in [1.29, 1.82) is 0 Å². The standard InChI is InChI=1S/2C9H8.3C8H7N.2C7H6N2.2C6H8.C4H6N2.3C4H5N.C4H6S.2C3H4N2.9CH4/c2*1-2-5-9-7-3-6-8(9)4-1;1-3-7-4-2-6-9-8(7)5-1;2*1-2-4-8-7(3-1)5-6-9-8;1-3-8-5-7-6(1)2-4-9-7;1-2-6-7(8-4-1)3-5-9-6;3*1-2-4-6-5-3-1;4*1-2-4-5-3-1;2*1-2-5-3-4-1;;;;;;;;;/h2*1-6H,7H2;3*1-4,6H,5H2;1,3-5H,2H2;1-2,4-5H,3H2;1-2,5-6H,3-4H2;1-4H,5-6H2;1,3H,2,4H2;1,3-4H,2H2;2*1-3H,4H2;1,3H,2,4H2;2*1,3H,2H2;9*1H4. The van der Waals surface area contributed by atoms with Gasteiger partial charge < -0.3 is 0 Å². The van der Waals surface area contributed by atoms with E-state index >= 15 is 0 Å². The second-order valence-corrected chi connectivity index (χ2v) is 25.6. The Morgan fingerprint density at radius 2 is 0.792 bits per heavy atom. The van der Waals surface area contributed by atoms with Crippen LogP contribution in [-0.4, -0.2) is 122 Å². The molecule has 3 aromatic heterocycles. The molecule has 16 nitrogen and oxygen atoms in total. The summed E-state index contributed by atoms with van der Waals surface area (Å²) >= 11 is 1.89. The second-order valence-electron chi connectivity index (χ2n) is 24.5. The number of rotatable bonds is 0. The Bertz CT molecular complexity index is 3880. The fraction of sp³-hybridized carbons (Fsp3) is 0.282. The first-order valence-electron chi connectivity index (χ1n) is 37.8. The molecule has 634 valence electrons. The van der Waals surface area contributed by atoms with E-state index in [0.717, 1.165) is 132 Å². The maximum atomic E-state index is 4.20. The molecule has 0 amide bonds. The van der Waals surface area contributed by atoms with E-state index in [1.165, 1.54) is 75.2 Å². The van der Waals surface area contributed by atoms with Crippen molar-refractivity contribution < 1.29 is 0 Å². The molecule has 5 aliphatic carbocycles. The lowest BCUT2D eigenvalue weighted by Crippen LogP contribution is -1.83. The van der Waals surface area contributed by atoms with Crippen molar-refractivity contribution >= 4 is 121 Å². The molecule has 0 spiro atoms. The number of thioether (sulfide) groups is 1. The molecule has 14 heterocycles. The van der Waals surface area contributed by atoms with Crippen LogP contribution in [0.2, 0.25) is 0 Å². The molecule has 0 N–H and O–H groups in total. The third kappa shape index (κ3) is 48.3. The first-order chi connectivity index (χ1) is 55.3. The van der Waals surface area contributed by atoms with Crippen molar-refractivity contribution in [3.63, 3.8) is 0 Å². The highest BCUT2D eigenvalue weighted by Gasteiger charge is 2.07. The molecule has 4 aromatic carbocycles. The average Bonchev–Trinajstić information content (AvgIpc) is 1.79. The Labute approximate surface area is 727 Å². The Balaban J connectivity index is 0. The smallest absolute Gasteiger partial charge is 0.109 e. The normalized spacial score (nSPS) is 14.6. The van der Waals surface area contributed by atoms with Gasteiger partial charge in [0.2, 0.25) is 0 Å². The molecule has 0 bridgehead atoms. The third-order valence-electron chi connectivity index (χ3n) is 16.3. The molecule has 16 aliphatic rings. The summed E-state index contributed by atoms with van der Waals surface area (Å²) < 4.78 is 0. The van der Waals surface area contributed by atoms with Crippen LogP contribution in [0.1, 0.15) is 168 Å². The molecule has 11 aliphatic heterocycles. The molecule has 0 fully saturated rings. The van der Waals surface area contributed by atoms with Crippen LogP contribution in [0.15, 0.2) is 345 Å². The fourth-order valence-corrected chi connectivity index (χ4v) is 11.3. The number of allylic oxidation sites excluding steroid dienone is 15. The first kappa shape index (κ1) is 110. The topological polar surface area (TPSA) is 199 Å². The summed E-state index contributed by atoms with van der Waals surface area (Å²) in [6, 6.07) is 43.4. The highest BCUT2D eigenvalue weighted by molar-refractivity contribution is 8.02. The lowest BCUT2D eigenvalue weighted by Gasteiger charge is -1.93. The summed E-state index contributed by atoms with van der Waals surface area (Å²) in [6.45, 7) is 4.20. The van der Waals surface area contributed by atoms with Gasteiger partial charge in [0, 0.05) is 131 Å². The number of aromatic nitrogens is 3. The van der Waals surface area contributed by atoms with Gasteiger partial charge >= 0.3 is 0 Å². The average molecular weight is 1630 g/mol. The molecule has 0 radical (unpaired) electrons. The zero-order valence-electron chi connectivity index (χ0n) is 63.3. The zero-order chi connectivity index (χ0) is 76.7. The number of fused-ring (bicyclic) bond motifs is 7. The van der Waals surface area contributed by atoms with Gasteiger partial charge in [-0.2, -0.15) is 10.2 Å². The number of para-hydroxylation sites is 2. The second kappa shape index (κ2) is 74.1. The zero-order valence-corrected chi connectivity index (χ0v) is 64.2. The van der Waals surface area contributed by atoms with Gasteiger partial charge in [0.15, 0.2) is 0 Å². The molecule has 0 atom stereocenters. The van der Waals surface area contributed by atoms with E-state index in [0.29, 0.717) is 0 Å². The maximum Gasteiger partial charge on any atom is 0.109 e. The van der Waals surface area contributed by atoms with Crippen LogP contribution in [0, 0.1) is 0 Å². The minimum atomic E-state index is 0. The van der Waals surface area contributed by atoms with Gasteiger partial charge in [-0.05, 0) is 150 Å². The summed E-state index contributed by atoms with van der Waals surface area (Å²) in [5.74, 6) is 1.31. The molecule has 17 heteroatoms. The van der Waals surface area contributed by atoms with Crippen LogP contribution in [0.5, 0.6) is 0 Å². The van der Waals surface area contributed by atoms with Gasteiger partial charge in [0.05, 0.1) is 73.1 Å². The van der Waals surface area contributed by atoms with Crippen molar-refractivity contribution in [2.45, 2.75) is 157 Å². The molecular weight excluding hydrogens is 1490 g/mol. The Hall–Kier alpha value is -12.5. The molecule has 0 saturated heterocycles. The number of hydrogen-bond donors (Lipinski definition) is 0. The third-order valence-corrected chi connectivity index (χ3v) is 17.1. The van der Waals surface area contributed by atoms with Gasteiger partial charge in [0.1, 0.15) is 12.7 Å². The summed E-state index contributed by atoms with van der Waals surface area (Å²) in [7, 11) is 0. The number of aliphatic imine (C=N–C) groups is 11. The van der Waals surface area contributed by atoms with Crippen LogP contribution < -0.4 is 0 Å². The van der Waals surface area contributed by atoms with Gasteiger partial charge in [-0.1, -0.05) is 273 Å². The van der Waals surface area contributed by atoms with Gasteiger partial charge in [-0.3, -0.25) is 59.9 Å². The summed E-state index contributed by atoms with van der Waals surface area (Å²) in [5, 5.41) is 9.49. The number of nitrogens with zero attached hydrogens (tertiary/aromatic N) is 16. The summed E-state index contributed by atoms with van der Waals surface area (Å²) in [6.07, 6.45) is 90.2. The van der Waals surface area contributed by atoms with Crippen LogP contribution in [0.3, 0.4) is 0 Å².